The summed E-state index contributed by atoms with van der Waals surface area (Å²) in [4.78, 5) is 11.0. The van der Waals surface area contributed by atoms with Gasteiger partial charge < -0.3 is 15.2 Å². The Hall–Kier alpha value is -4.57. The largest absolute Gasteiger partial charge is 0.508 e. The van der Waals surface area contributed by atoms with Crippen LogP contribution in [0.15, 0.2) is 115 Å². The molecule has 4 heteroatoms. The molecule has 4 nitrogen and oxygen atoms in total. The molecule has 0 bridgehead atoms. The summed E-state index contributed by atoms with van der Waals surface area (Å²) in [6, 6.07) is 38.1. The number of fused-ring (bicyclic) bond motifs is 1. The Kier molecular flexibility index (Phi) is 8.56. The van der Waals surface area contributed by atoms with Crippen molar-refractivity contribution >= 4 is 22.4 Å². The molecule has 186 valence electrons. The van der Waals surface area contributed by atoms with Crippen molar-refractivity contribution in [1.29, 1.82) is 0 Å². The molecule has 0 aliphatic heterocycles. The number of benzene rings is 5. The summed E-state index contributed by atoms with van der Waals surface area (Å²) in [6.45, 7) is 4.06. The van der Waals surface area contributed by atoms with E-state index in [1.807, 2.05) is 24.3 Å². The molecule has 0 spiro atoms. The first-order valence-corrected chi connectivity index (χ1v) is 12.3. The third-order valence-electron chi connectivity index (χ3n) is 5.90. The summed E-state index contributed by atoms with van der Waals surface area (Å²) >= 11 is 0. The standard InChI is InChI=1S/C17H14.C16H17NO3/c1-13-6-4-9-15(12-13)17-11-5-8-14-7-2-3-10-16(14)17;1-12(18)17-14-6-4-7-15(11-14)20-10-9-13-5-2-3-8-16(13)19/h2-12H,1H3;2-8,11,19H,9-10H2,1H3,(H,17,18). The van der Waals surface area contributed by atoms with E-state index in [2.05, 4.69) is 79.0 Å². The number of phenols is 1. The van der Waals surface area contributed by atoms with Crippen LogP contribution < -0.4 is 10.1 Å². The summed E-state index contributed by atoms with van der Waals surface area (Å²) in [5.74, 6) is 0.853. The van der Waals surface area contributed by atoms with Gasteiger partial charge in [-0.3, -0.25) is 4.79 Å². The van der Waals surface area contributed by atoms with Gasteiger partial charge in [0.25, 0.3) is 0 Å². The highest BCUT2D eigenvalue weighted by Crippen LogP contribution is 2.28. The van der Waals surface area contributed by atoms with Crippen molar-refractivity contribution in [1.82, 2.24) is 0 Å². The van der Waals surface area contributed by atoms with E-state index in [9.17, 15) is 9.90 Å². The second-order valence-corrected chi connectivity index (χ2v) is 8.83. The molecule has 5 aromatic rings. The predicted octanol–water partition coefficient (Wildman–Crippen LogP) is 7.79. The molecule has 5 rings (SSSR count). The van der Waals surface area contributed by atoms with Crippen molar-refractivity contribution in [3.8, 4) is 22.6 Å². The summed E-state index contributed by atoms with van der Waals surface area (Å²) < 4.78 is 5.62. The van der Waals surface area contributed by atoms with Crippen molar-refractivity contribution < 1.29 is 14.6 Å². The Bertz CT molecular complexity index is 1490. The van der Waals surface area contributed by atoms with Crippen LogP contribution in [0.5, 0.6) is 11.5 Å². The van der Waals surface area contributed by atoms with E-state index in [4.69, 9.17) is 4.74 Å². The van der Waals surface area contributed by atoms with E-state index in [-0.39, 0.29) is 11.7 Å². The molecule has 0 aliphatic carbocycles. The summed E-state index contributed by atoms with van der Waals surface area (Å²) in [5.41, 5.74) is 5.46. The number of aryl methyl sites for hydroxylation is 1. The minimum absolute atomic E-state index is 0.114. The number of rotatable bonds is 6. The van der Waals surface area contributed by atoms with Gasteiger partial charge in [0.2, 0.25) is 5.91 Å². The molecule has 1 amide bonds. The number of phenolic OH excluding ortho intramolecular Hbond substituents is 1. The molecule has 37 heavy (non-hydrogen) atoms. The molecule has 0 unspecified atom stereocenters. The lowest BCUT2D eigenvalue weighted by Gasteiger charge is -2.09. The fourth-order valence-electron chi connectivity index (χ4n) is 4.16. The van der Waals surface area contributed by atoms with E-state index < -0.39 is 0 Å². The fraction of sp³-hybridized carbons (Fsp3) is 0.121. The molecule has 0 saturated heterocycles. The number of carbonyl (C=O) groups excluding carboxylic acids is 1. The predicted molar refractivity (Wildman–Crippen MR) is 152 cm³/mol. The SMILES string of the molecule is CC(=O)Nc1cccc(OCCc2ccccc2O)c1.Cc1cccc(-c2cccc3ccccc23)c1. The van der Waals surface area contributed by atoms with Crippen LogP contribution in [0.3, 0.4) is 0 Å². The van der Waals surface area contributed by atoms with E-state index in [1.165, 1.54) is 34.4 Å². The normalized spacial score (nSPS) is 10.3. The van der Waals surface area contributed by atoms with Gasteiger partial charge in [0.05, 0.1) is 6.61 Å². The Morgan fingerprint density at radius 1 is 0.811 bits per heavy atom. The van der Waals surface area contributed by atoms with Gasteiger partial charge in [-0.2, -0.15) is 0 Å². The zero-order valence-corrected chi connectivity index (χ0v) is 21.1. The first-order valence-electron chi connectivity index (χ1n) is 12.3. The quantitative estimate of drug-likeness (QED) is 0.256. The molecule has 2 N–H and O–H groups in total. The van der Waals surface area contributed by atoms with E-state index >= 15 is 0 Å². The number of amides is 1. The highest BCUT2D eigenvalue weighted by atomic mass is 16.5. The maximum absolute atomic E-state index is 11.0. The van der Waals surface area contributed by atoms with Crippen LogP contribution in [0.4, 0.5) is 5.69 Å². The van der Waals surface area contributed by atoms with Gasteiger partial charge in [0, 0.05) is 25.1 Å². The van der Waals surface area contributed by atoms with Crippen LogP contribution in [-0.4, -0.2) is 17.6 Å². The number of carbonyl (C=O) groups is 1. The third kappa shape index (κ3) is 7.21. The van der Waals surface area contributed by atoms with Crippen LogP contribution in [0.25, 0.3) is 21.9 Å². The number of hydrogen-bond acceptors (Lipinski definition) is 3. The van der Waals surface area contributed by atoms with Gasteiger partial charge in [-0.05, 0) is 52.6 Å². The lowest BCUT2D eigenvalue weighted by atomic mass is 9.97. The van der Waals surface area contributed by atoms with Gasteiger partial charge in [-0.25, -0.2) is 0 Å². The minimum atomic E-state index is -0.114. The van der Waals surface area contributed by atoms with Gasteiger partial charge in [-0.1, -0.05) is 96.6 Å². The second kappa shape index (κ2) is 12.4. The third-order valence-corrected chi connectivity index (χ3v) is 5.90. The average Bonchev–Trinajstić information content (AvgIpc) is 2.90. The molecule has 0 aliphatic rings. The lowest BCUT2D eigenvalue weighted by Crippen LogP contribution is -2.06. The van der Waals surface area contributed by atoms with Gasteiger partial charge in [0.15, 0.2) is 0 Å². The van der Waals surface area contributed by atoms with Crippen molar-refractivity contribution in [2.24, 2.45) is 0 Å². The molecule has 5 aromatic carbocycles. The van der Waals surface area contributed by atoms with Crippen molar-refractivity contribution in [2.45, 2.75) is 20.3 Å². The highest BCUT2D eigenvalue weighted by molar-refractivity contribution is 5.96. The zero-order chi connectivity index (χ0) is 26.0. The average molecular weight is 490 g/mol. The lowest BCUT2D eigenvalue weighted by molar-refractivity contribution is -0.114. The van der Waals surface area contributed by atoms with Crippen molar-refractivity contribution in [2.75, 3.05) is 11.9 Å². The number of anilines is 1. The molecular weight excluding hydrogens is 458 g/mol. The van der Waals surface area contributed by atoms with Gasteiger partial charge in [0.1, 0.15) is 11.5 Å². The molecular formula is C33H31NO3. The minimum Gasteiger partial charge on any atom is -0.508 e. The fourth-order valence-corrected chi connectivity index (χ4v) is 4.16. The van der Waals surface area contributed by atoms with E-state index in [1.54, 1.807) is 24.3 Å². The molecule has 0 radical (unpaired) electrons. The first kappa shape index (κ1) is 25.5. The Labute approximate surface area is 218 Å². The van der Waals surface area contributed by atoms with Crippen LogP contribution in [0, 0.1) is 6.92 Å². The van der Waals surface area contributed by atoms with Gasteiger partial charge in [-0.15, -0.1) is 0 Å². The maximum Gasteiger partial charge on any atom is 0.221 e. The van der Waals surface area contributed by atoms with Crippen LogP contribution in [-0.2, 0) is 11.2 Å². The Balaban J connectivity index is 0.000000175. The number of para-hydroxylation sites is 1. The van der Waals surface area contributed by atoms with Crippen LogP contribution in [0.2, 0.25) is 0 Å². The summed E-state index contributed by atoms with van der Waals surface area (Å²) in [7, 11) is 0. The Morgan fingerprint density at radius 2 is 1.54 bits per heavy atom. The number of ether oxygens (including phenoxy) is 1. The smallest absolute Gasteiger partial charge is 0.221 e. The topological polar surface area (TPSA) is 58.6 Å². The van der Waals surface area contributed by atoms with Gasteiger partial charge >= 0.3 is 0 Å². The maximum atomic E-state index is 11.0. The molecule has 0 atom stereocenters. The van der Waals surface area contributed by atoms with E-state index in [0.29, 0.717) is 24.5 Å². The van der Waals surface area contributed by atoms with Crippen molar-refractivity contribution in [3.63, 3.8) is 0 Å². The Morgan fingerprint density at radius 3 is 2.35 bits per heavy atom. The second-order valence-electron chi connectivity index (χ2n) is 8.83. The highest BCUT2D eigenvalue weighted by Gasteiger charge is 2.03. The van der Waals surface area contributed by atoms with Crippen LogP contribution >= 0.6 is 0 Å². The number of aromatic hydroxyl groups is 1. The van der Waals surface area contributed by atoms with E-state index in [0.717, 1.165) is 5.56 Å². The molecule has 0 fully saturated rings. The molecule has 0 aromatic heterocycles. The van der Waals surface area contributed by atoms with Crippen LogP contribution in [0.1, 0.15) is 18.1 Å². The summed E-state index contributed by atoms with van der Waals surface area (Å²) in [6.07, 6.45) is 0.622. The zero-order valence-electron chi connectivity index (χ0n) is 21.1. The summed E-state index contributed by atoms with van der Waals surface area (Å²) in [5, 5.41) is 15.0. The first-order chi connectivity index (χ1) is 18.0. The van der Waals surface area contributed by atoms with Crippen molar-refractivity contribution in [3.05, 3.63) is 126 Å². The monoisotopic (exact) mass is 489 g/mol. The molecule has 0 saturated carbocycles. The number of nitrogens with one attached hydrogen (secondary N) is 1. The number of hydrogen-bond donors (Lipinski definition) is 2. The molecule has 0 heterocycles.